The number of benzene rings is 1. The number of imidazole rings is 1. The molecule has 1 aromatic carbocycles. The van der Waals surface area contributed by atoms with Gasteiger partial charge < -0.3 is 9.30 Å². The Morgan fingerprint density at radius 2 is 2.00 bits per heavy atom. The van der Waals surface area contributed by atoms with Gasteiger partial charge in [-0.15, -0.1) is 11.6 Å². The summed E-state index contributed by atoms with van der Waals surface area (Å²) in [7, 11) is 1.66. The molecule has 0 unspecified atom stereocenters. The van der Waals surface area contributed by atoms with Gasteiger partial charge in [-0.3, -0.25) is 4.98 Å². The molecule has 108 valence electrons. The molecular formula is C16H16ClN3O. The van der Waals surface area contributed by atoms with Crippen molar-refractivity contribution >= 4 is 22.6 Å². The van der Waals surface area contributed by atoms with Gasteiger partial charge in [-0.25, -0.2) is 4.98 Å². The summed E-state index contributed by atoms with van der Waals surface area (Å²) < 4.78 is 7.41. The summed E-state index contributed by atoms with van der Waals surface area (Å²) in [6, 6.07) is 9.98. The molecule has 0 fully saturated rings. The van der Waals surface area contributed by atoms with Crippen molar-refractivity contribution in [3.05, 3.63) is 54.1 Å². The molecule has 3 rings (SSSR count). The Morgan fingerprint density at radius 3 is 2.71 bits per heavy atom. The summed E-state index contributed by atoms with van der Waals surface area (Å²) in [5.41, 5.74) is 3.25. The molecule has 21 heavy (non-hydrogen) atoms. The molecule has 0 aliphatic heterocycles. The molecule has 0 radical (unpaired) electrons. The molecule has 0 aliphatic rings. The van der Waals surface area contributed by atoms with E-state index in [0.29, 0.717) is 5.88 Å². The second-order valence-electron chi connectivity index (χ2n) is 4.77. The van der Waals surface area contributed by atoms with Crippen molar-refractivity contribution in [3.8, 4) is 5.75 Å². The van der Waals surface area contributed by atoms with E-state index in [1.165, 1.54) is 5.56 Å². The Morgan fingerprint density at radius 1 is 1.19 bits per heavy atom. The maximum absolute atomic E-state index is 6.03. The number of rotatable bonds is 5. The minimum Gasteiger partial charge on any atom is -0.497 e. The van der Waals surface area contributed by atoms with E-state index in [-0.39, 0.29) is 0 Å². The largest absolute Gasteiger partial charge is 0.497 e. The fraction of sp³-hybridized carbons (Fsp3) is 0.250. The van der Waals surface area contributed by atoms with E-state index in [1.54, 1.807) is 7.11 Å². The lowest BCUT2D eigenvalue weighted by Gasteiger charge is -2.08. The Kier molecular flexibility index (Phi) is 4.06. The van der Waals surface area contributed by atoms with Gasteiger partial charge in [-0.1, -0.05) is 0 Å². The van der Waals surface area contributed by atoms with Gasteiger partial charge in [0.05, 0.1) is 24.0 Å². The maximum Gasteiger partial charge on any atom is 0.124 e. The van der Waals surface area contributed by atoms with Crippen LogP contribution >= 0.6 is 11.6 Å². The number of fused-ring (bicyclic) bond motifs is 1. The quantitative estimate of drug-likeness (QED) is 0.678. The third-order valence-electron chi connectivity index (χ3n) is 3.53. The van der Waals surface area contributed by atoms with Gasteiger partial charge >= 0.3 is 0 Å². The Hall–Kier alpha value is -2.07. The van der Waals surface area contributed by atoms with Crippen LogP contribution in [0.15, 0.2) is 42.7 Å². The van der Waals surface area contributed by atoms with Crippen LogP contribution < -0.4 is 4.74 Å². The highest BCUT2D eigenvalue weighted by Gasteiger charge is 2.10. The maximum atomic E-state index is 6.03. The third kappa shape index (κ3) is 2.85. The number of pyridine rings is 1. The van der Waals surface area contributed by atoms with Crippen LogP contribution in [0, 0.1) is 0 Å². The Bertz CT molecular complexity index is 740. The van der Waals surface area contributed by atoms with E-state index in [9.17, 15) is 0 Å². The van der Waals surface area contributed by atoms with E-state index >= 15 is 0 Å². The van der Waals surface area contributed by atoms with Crippen molar-refractivity contribution in [1.29, 1.82) is 0 Å². The van der Waals surface area contributed by atoms with Crippen molar-refractivity contribution in [2.24, 2.45) is 0 Å². The average Bonchev–Trinajstić information content (AvgIpc) is 2.90. The molecule has 5 heteroatoms. The summed E-state index contributed by atoms with van der Waals surface area (Å²) in [6.45, 7) is 0.842. The van der Waals surface area contributed by atoms with Crippen LogP contribution in [0.5, 0.6) is 5.75 Å². The van der Waals surface area contributed by atoms with Crippen molar-refractivity contribution < 1.29 is 4.74 Å². The minimum atomic E-state index is 0.396. The molecule has 2 heterocycles. The average molecular weight is 302 g/mol. The first-order valence-electron chi connectivity index (χ1n) is 6.80. The zero-order chi connectivity index (χ0) is 14.7. The predicted molar refractivity (Wildman–Crippen MR) is 83.8 cm³/mol. The first-order chi connectivity index (χ1) is 10.3. The van der Waals surface area contributed by atoms with Gasteiger partial charge in [0.2, 0.25) is 0 Å². The van der Waals surface area contributed by atoms with Crippen LogP contribution in [0.3, 0.4) is 0 Å². The number of hydrogen-bond acceptors (Lipinski definition) is 3. The minimum absolute atomic E-state index is 0.396. The van der Waals surface area contributed by atoms with Gasteiger partial charge in [0.25, 0.3) is 0 Å². The van der Waals surface area contributed by atoms with Gasteiger partial charge in [-0.05, 0) is 36.2 Å². The molecule has 4 nitrogen and oxygen atoms in total. The Balaban J connectivity index is 1.93. The second kappa shape index (κ2) is 6.14. The number of hydrogen-bond donors (Lipinski definition) is 0. The van der Waals surface area contributed by atoms with Crippen molar-refractivity contribution in [3.63, 3.8) is 0 Å². The van der Waals surface area contributed by atoms with E-state index in [1.807, 2.05) is 42.7 Å². The van der Waals surface area contributed by atoms with Crippen molar-refractivity contribution in [2.75, 3.05) is 7.11 Å². The van der Waals surface area contributed by atoms with Crippen molar-refractivity contribution in [2.45, 2.75) is 18.8 Å². The molecule has 0 N–H and O–H groups in total. The molecule has 0 aliphatic carbocycles. The Labute approximate surface area is 128 Å². The SMILES string of the molecule is COc1ccc2c(c1)nc(CCl)n2CCc1ccncc1. The summed E-state index contributed by atoms with van der Waals surface area (Å²) in [6.07, 6.45) is 4.55. The summed E-state index contributed by atoms with van der Waals surface area (Å²) >= 11 is 6.03. The lowest BCUT2D eigenvalue weighted by Crippen LogP contribution is -2.05. The van der Waals surface area contributed by atoms with Crippen LogP contribution in [0.4, 0.5) is 0 Å². The summed E-state index contributed by atoms with van der Waals surface area (Å²) in [5, 5.41) is 0. The fourth-order valence-electron chi connectivity index (χ4n) is 2.43. The van der Waals surface area contributed by atoms with Crippen LogP contribution in [0.2, 0.25) is 0 Å². The third-order valence-corrected chi connectivity index (χ3v) is 3.77. The standard InChI is InChI=1S/C16H16ClN3O/c1-21-13-2-3-15-14(10-13)19-16(11-17)20(15)9-6-12-4-7-18-8-5-12/h2-5,7-8,10H,6,9,11H2,1H3. The number of ether oxygens (including phenoxy) is 1. The molecule has 0 spiro atoms. The molecule has 0 atom stereocenters. The normalized spacial score (nSPS) is 11.0. The molecule has 0 saturated carbocycles. The zero-order valence-corrected chi connectivity index (χ0v) is 12.5. The molecule has 0 bridgehead atoms. The van der Waals surface area contributed by atoms with Crippen LogP contribution in [0.1, 0.15) is 11.4 Å². The van der Waals surface area contributed by atoms with E-state index in [4.69, 9.17) is 16.3 Å². The second-order valence-corrected chi connectivity index (χ2v) is 5.04. The predicted octanol–water partition coefficient (Wildman–Crippen LogP) is 3.42. The van der Waals surface area contributed by atoms with Crippen LogP contribution in [0.25, 0.3) is 11.0 Å². The first kappa shape index (κ1) is 13.9. The van der Waals surface area contributed by atoms with Gasteiger partial charge in [-0.2, -0.15) is 0 Å². The molecule has 3 aromatic rings. The summed E-state index contributed by atoms with van der Waals surface area (Å²) in [5.74, 6) is 2.09. The van der Waals surface area contributed by atoms with Gasteiger partial charge in [0.1, 0.15) is 11.6 Å². The number of aryl methyl sites for hydroxylation is 2. The number of alkyl halides is 1. The highest BCUT2D eigenvalue weighted by molar-refractivity contribution is 6.16. The van der Waals surface area contributed by atoms with Gasteiger partial charge in [0.15, 0.2) is 0 Å². The monoisotopic (exact) mass is 301 g/mol. The topological polar surface area (TPSA) is 39.9 Å². The van der Waals surface area contributed by atoms with Crippen LogP contribution in [-0.4, -0.2) is 21.6 Å². The zero-order valence-electron chi connectivity index (χ0n) is 11.8. The lowest BCUT2D eigenvalue weighted by atomic mass is 10.2. The number of nitrogens with zero attached hydrogens (tertiary/aromatic N) is 3. The highest BCUT2D eigenvalue weighted by Crippen LogP contribution is 2.23. The smallest absolute Gasteiger partial charge is 0.124 e. The lowest BCUT2D eigenvalue weighted by molar-refractivity contribution is 0.415. The van der Waals surface area contributed by atoms with E-state index < -0.39 is 0 Å². The molecule has 0 amide bonds. The number of aromatic nitrogens is 3. The summed E-state index contributed by atoms with van der Waals surface area (Å²) in [4.78, 5) is 8.63. The van der Waals surface area contributed by atoms with E-state index in [2.05, 4.69) is 14.5 Å². The van der Waals surface area contributed by atoms with Crippen molar-refractivity contribution in [1.82, 2.24) is 14.5 Å². The van der Waals surface area contributed by atoms with Gasteiger partial charge in [0, 0.05) is 25.0 Å². The molecule has 2 aromatic heterocycles. The number of halogens is 1. The molecular weight excluding hydrogens is 286 g/mol. The molecule has 0 saturated heterocycles. The fourth-order valence-corrected chi connectivity index (χ4v) is 2.63. The highest BCUT2D eigenvalue weighted by atomic mass is 35.5. The van der Waals surface area contributed by atoms with E-state index in [0.717, 1.165) is 35.6 Å². The first-order valence-corrected chi connectivity index (χ1v) is 7.33. The number of methoxy groups -OCH3 is 1. The van der Waals surface area contributed by atoms with Crippen LogP contribution in [-0.2, 0) is 18.8 Å².